The van der Waals surface area contributed by atoms with Gasteiger partial charge in [-0.15, -0.1) is 0 Å². The molecule has 2 aromatic rings. The van der Waals surface area contributed by atoms with Crippen LogP contribution in [0.2, 0.25) is 0 Å². The van der Waals surface area contributed by atoms with Crippen LogP contribution in [-0.4, -0.2) is 10.9 Å². The lowest BCUT2D eigenvalue weighted by atomic mass is 10.1. The third-order valence-electron chi connectivity index (χ3n) is 2.46. The summed E-state index contributed by atoms with van der Waals surface area (Å²) in [7, 11) is 0. The lowest BCUT2D eigenvalue weighted by Gasteiger charge is -2.08. The minimum Gasteiger partial charge on any atom is -0.321 e. The average molecular weight is 284 g/mol. The molecule has 7 heteroatoms. The summed E-state index contributed by atoms with van der Waals surface area (Å²) in [5, 5.41) is 2.39. The number of anilines is 1. The number of hydrogen-bond acceptors (Lipinski definition) is 2. The van der Waals surface area contributed by atoms with Gasteiger partial charge in [-0.25, -0.2) is 4.98 Å². The van der Waals surface area contributed by atoms with E-state index in [1.165, 1.54) is 6.07 Å². The standard InChI is InChI=1S/C13H8F4N2O/c14-11-6-5-10(7-18-11)19-12(20)8-1-3-9(4-2-8)13(15,16)17/h1-7H,(H,19,20). The molecule has 1 N–H and O–H groups in total. The van der Waals surface area contributed by atoms with Gasteiger partial charge < -0.3 is 5.32 Å². The van der Waals surface area contributed by atoms with Gasteiger partial charge in [0.2, 0.25) is 5.95 Å². The first-order valence-corrected chi connectivity index (χ1v) is 5.46. The summed E-state index contributed by atoms with van der Waals surface area (Å²) >= 11 is 0. The van der Waals surface area contributed by atoms with Crippen molar-refractivity contribution in [1.29, 1.82) is 0 Å². The van der Waals surface area contributed by atoms with Gasteiger partial charge in [-0.05, 0) is 36.4 Å². The number of carbonyl (C=O) groups is 1. The second-order valence-electron chi connectivity index (χ2n) is 3.90. The lowest BCUT2D eigenvalue weighted by molar-refractivity contribution is -0.137. The predicted molar refractivity (Wildman–Crippen MR) is 63.6 cm³/mol. The van der Waals surface area contributed by atoms with Gasteiger partial charge in [0.05, 0.1) is 17.4 Å². The Labute approximate surface area is 111 Å². The number of nitrogens with one attached hydrogen (secondary N) is 1. The number of halogens is 4. The van der Waals surface area contributed by atoms with Crippen LogP contribution < -0.4 is 5.32 Å². The zero-order valence-electron chi connectivity index (χ0n) is 9.91. The zero-order valence-corrected chi connectivity index (χ0v) is 9.91. The summed E-state index contributed by atoms with van der Waals surface area (Å²) in [6.45, 7) is 0. The summed E-state index contributed by atoms with van der Waals surface area (Å²) in [4.78, 5) is 15.1. The highest BCUT2D eigenvalue weighted by molar-refractivity contribution is 6.04. The number of pyridine rings is 1. The molecule has 0 aliphatic heterocycles. The normalized spacial score (nSPS) is 11.2. The van der Waals surface area contributed by atoms with Crippen molar-refractivity contribution in [2.24, 2.45) is 0 Å². The smallest absolute Gasteiger partial charge is 0.321 e. The molecule has 0 aliphatic rings. The van der Waals surface area contributed by atoms with Crippen LogP contribution in [-0.2, 0) is 6.18 Å². The minimum atomic E-state index is -4.45. The van der Waals surface area contributed by atoms with Gasteiger partial charge >= 0.3 is 6.18 Å². The Morgan fingerprint density at radius 3 is 2.20 bits per heavy atom. The number of carbonyl (C=O) groups excluding carboxylic acids is 1. The predicted octanol–water partition coefficient (Wildman–Crippen LogP) is 3.49. The molecule has 0 radical (unpaired) electrons. The van der Waals surface area contributed by atoms with E-state index < -0.39 is 23.6 Å². The molecular formula is C13H8F4N2O. The first kappa shape index (κ1) is 14.0. The van der Waals surface area contributed by atoms with Gasteiger partial charge in [0.15, 0.2) is 0 Å². The maximum atomic E-state index is 12.6. The monoisotopic (exact) mass is 284 g/mol. The second-order valence-corrected chi connectivity index (χ2v) is 3.90. The molecule has 0 unspecified atom stereocenters. The highest BCUT2D eigenvalue weighted by Crippen LogP contribution is 2.29. The van der Waals surface area contributed by atoms with Crippen molar-refractivity contribution < 1.29 is 22.4 Å². The molecular weight excluding hydrogens is 276 g/mol. The fourth-order valence-corrected chi connectivity index (χ4v) is 1.46. The highest BCUT2D eigenvalue weighted by Gasteiger charge is 2.30. The quantitative estimate of drug-likeness (QED) is 0.677. The van der Waals surface area contributed by atoms with Gasteiger partial charge in [0.25, 0.3) is 5.91 Å². The van der Waals surface area contributed by atoms with Crippen molar-refractivity contribution in [2.45, 2.75) is 6.18 Å². The fraction of sp³-hybridized carbons (Fsp3) is 0.0769. The Kier molecular flexibility index (Phi) is 3.69. The van der Waals surface area contributed by atoms with E-state index in [0.29, 0.717) is 0 Å². The van der Waals surface area contributed by atoms with Crippen molar-refractivity contribution in [3.8, 4) is 0 Å². The summed E-state index contributed by atoms with van der Waals surface area (Å²) in [6, 6.07) is 6.12. The molecule has 20 heavy (non-hydrogen) atoms. The molecule has 2 rings (SSSR count). The first-order valence-electron chi connectivity index (χ1n) is 5.46. The SMILES string of the molecule is O=C(Nc1ccc(F)nc1)c1ccc(C(F)(F)F)cc1. The molecule has 1 amide bonds. The number of rotatable bonds is 2. The van der Waals surface area contributed by atoms with E-state index in [1.54, 1.807) is 0 Å². The van der Waals surface area contributed by atoms with Crippen molar-refractivity contribution in [3.63, 3.8) is 0 Å². The summed E-state index contributed by atoms with van der Waals surface area (Å²) in [5.74, 6) is -1.30. The van der Waals surface area contributed by atoms with E-state index in [4.69, 9.17) is 0 Å². The third-order valence-corrected chi connectivity index (χ3v) is 2.46. The number of alkyl halides is 3. The number of aromatic nitrogens is 1. The molecule has 1 aromatic heterocycles. The zero-order chi connectivity index (χ0) is 14.8. The van der Waals surface area contributed by atoms with Gasteiger partial charge in [0, 0.05) is 5.56 Å². The molecule has 0 bridgehead atoms. The fourth-order valence-electron chi connectivity index (χ4n) is 1.46. The van der Waals surface area contributed by atoms with Gasteiger partial charge in [-0.2, -0.15) is 17.6 Å². The maximum Gasteiger partial charge on any atom is 0.416 e. The molecule has 104 valence electrons. The Bertz CT molecular complexity index is 606. The van der Waals surface area contributed by atoms with Crippen LogP contribution in [0.5, 0.6) is 0 Å². The number of benzene rings is 1. The van der Waals surface area contributed by atoms with Gasteiger partial charge in [0.1, 0.15) is 0 Å². The largest absolute Gasteiger partial charge is 0.416 e. The Hall–Kier alpha value is -2.44. The van der Waals surface area contributed by atoms with E-state index in [1.807, 2.05) is 0 Å². The molecule has 0 spiro atoms. The van der Waals surface area contributed by atoms with Crippen LogP contribution in [0, 0.1) is 5.95 Å². The number of amides is 1. The summed E-state index contributed by atoms with van der Waals surface area (Å²) in [6.07, 6.45) is -3.34. The Morgan fingerprint density at radius 1 is 1.05 bits per heavy atom. The molecule has 0 aliphatic carbocycles. The third kappa shape index (κ3) is 3.31. The molecule has 0 fully saturated rings. The van der Waals surface area contributed by atoms with Gasteiger partial charge in [-0.1, -0.05) is 0 Å². The van der Waals surface area contributed by atoms with Crippen LogP contribution in [0.3, 0.4) is 0 Å². The van der Waals surface area contributed by atoms with E-state index in [2.05, 4.69) is 10.3 Å². The average Bonchev–Trinajstić information content (AvgIpc) is 2.40. The lowest BCUT2D eigenvalue weighted by Crippen LogP contribution is -2.13. The first-order chi connectivity index (χ1) is 9.36. The van der Waals surface area contributed by atoms with Crippen LogP contribution in [0.1, 0.15) is 15.9 Å². The number of nitrogens with zero attached hydrogens (tertiary/aromatic N) is 1. The van der Waals surface area contributed by atoms with E-state index in [-0.39, 0.29) is 11.3 Å². The van der Waals surface area contributed by atoms with Crippen molar-refractivity contribution in [2.75, 3.05) is 5.32 Å². The maximum absolute atomic E-state index is 12.6. The van der Waals surface area contributed by atoms with Crippen LogP contribution >= 0.6 is 0 Å². The van der Waals surface area contributed by atoms with Crippen molar-refractivity contribution >= 4 is 11.6 Å². The highest BCUT2D eigenvalue weighted by atomic mass is 19.4. The Morgan fingerprint density at radius 2 is 1.70 bits per heavy atom. The van der Waals surface area contributed by atoms with E-state index >= 15 is 0 Å². The van der Waals surface area contributed by atoms with E-state index in [0.717, 1.165) is 36.5 Å². The van der Waals surface area contributed by atoms with E-state index in [9.17, 15) is 22.4 Å². The summed E-state index contributed by atoms with van der Waals surface area (Å²) in [5.41, 5.74) is -0.531. The topological polar surface area (TPSA) is 42.0 Å². The minimum absolute atomic E-state index is 0.0577. The van der Waals surface area contributed by atoms with Crippen molar-refractivity contribution in [3.05, 3.63) is 59.7 Å². The number of hydrogen-bond donors (Lipinski definition) is 1. The Balaban J connectivity index is 2.11. The van der Waals surface area contributed by atoms with Crippen LogP contribution in [0.4, 0.5) is 23.2 Å². The van der Waals surface area contributed by atoms with Crippen LogP contribution in [0.25, 0.3) is 0 Å². The van der Waals surface area contributed by atoms with Crippen LogP contribution in [0.15, 0.2) is 42.6 Å². The second kappa shape index (κ2) is 5.28. The van der Waals surface area contributed by atoms with Gasteiger partial charge in [-0.3, -0.25) is 4.79 Å². The molecule has 0 saturated heterocycles. The van der Waals surface area contributed by atoms with Crippen molar-refractivity contribution in [1.82, 2.24) is 4.98 Å². The summed E-state index contributed by atoms with van der Waals surface area (Å²) < 4.78 is 49.7. The molecule has 1 aromatic carbocycles. The molecule has 0 saturated carbocycles. The molecule has 3 nitrogen and oxygen atoms in total. The molecule has 0 atom stereocenters. The molecule has 1 heterocycles.